The third-order valence-corrected chi connectivity index (χ3v) is 5.17. The predicted octanol–water partition coefficient (Wildman–Crippen LogP) is 3.84. The number of hydrogen-bond donors (Lipinski definition) is 2. The number of aryl methyl sites for hydroxylation is 1. The number of amides is 2. The van der Waals surface area contributed by atoms with Crippen LogP contribution in [0.2, 0.25) is 5.02 Å². The molecule has 26 heavy (non-hydrogen) atoms. The topological polar surface area (TPSA) is 81.1 Å². The molecule has 2 N–H and O–H groups in total. The van der Waals surface area contributed by atoms with Gasteiger partial charge >= 0.3 is 6.03 Å². The number of urea groups is 1. The number of benzene rings is 1. The summed E-state index contributed by atoms with van der Waals surface area (Å²) in [6.07, 6.45) is 2.53. The first-order valence-electron chi connectivity index (χ1n) is 8.04. The Balaban J connectivity index is 1.44. The molecule has 2 amide bonds. The van der Waals surface area contributed by atoms with Crippen molar-refractivity contribution in [3.05, 3.63) is 46.4 Å². The number of rotatable bonds is 3. The standard InChI is InChI=1S/C17H16ClN5O2S/c1-23-7-5-13(22-23)16-20-14(9-26-16)21-17(24)19-12-6-8-25-15-10(12)3-2-4-11(15)18/h2-5,7,9,12H,6,8H2,1H3,(H2,19,21,24)/t12-/m0/s1. The van der Waals surface area contributed by atoms with Crippen molar-refractivity contribution in [3.63, 3.8) is 0 Å². The van der Waals surface area contributed by atoms with Gasteiger partial charge in [0, 0.05) is 30.6 Å². The minimum atomic E-state index is -0.319. The van der Waals surface area contributed by atoms with E-state index >= 15 is 0 Å². The molecule has 3 heterocycles. The van der Waals surface area contributed by atoms with Gasteiger partial charge < -0.3 is 10.1 Å². The van der Waals surface area contributed by atoms with Crippen LogP contribution in [-0.2, 0) is 7.05 Å². The Hall–Kier alpha value is -2.58. The molecular formula is C17H16ClN5O2S. The quantitative estimate of drug-likeness (QED) is 0.713. The highest BCUT2D eigenvalue weighted by atomic mass is 35.5. The lowest BCUT2D eigenvalue weighted by molar-refractivity contribution is 0.232. The van der Waals surface area contributed by atoms with Crippen molar-refractivity contribution in [1.29, 1.82) is 0 Å². The van der Waals surface area contributed by atoms with Gasteiger partial charge in [0.05, 0.1) is 17.7 Å². The lowest BCUT2D eigenvalue weighted by atomic mass is 10.0. The molecule has 0 fully saturated rings. The molecule has 3 aromatic rings. The van der Waals surface area contributed by atoms with Crippen LogP contribution in [0.4, 0.5) is 10.6 Å². The number of hydrogen-bond acceptors (Lipinski definition) is 5. The van der Waals surface area contributed by atoms with Crippen molar-refractivity contribution in [3.8, 4) is 16.5 Å². The fraction of sp³-hybridized carbons (Fsp3) is 0.235. The van der Waals surface area contributed by atoms with Gasteiger partial charge in [0.1, 0.15) is 22.3 Å². The zero-order valence-corrected chi connectivity index (χ0v) is 15.5. The lowest BCUT2D eigenvalue weighted by Crippen LogP contribution is -2.35. The Morgan fingerprint density at radius 1 is 1.42 bits per heavy atom. The maximum Gasteiger partial charge on any atom is 0.320 e. The predicted molar refractivity (Wildman–Crippen MR) is 101 cm³/mol. The second-order valence-electron chi connectivity index (χ2n) is 5.86. The molecule has 0 saturated heterocycles. The Bertz CT molecular complexity index is 954. The van der Waals surface area contributed by atoms with Crippen molar-refractivity contribution >= 4 is 34.8 Å². The molecule has 0 spiro atoms. The first-order valence-corrected chi connectivity index (χ1v) is 9.30. The van der Waals surface area contributed by atoms with Crippen LogP contribution in [0.5, 0.6) is 5.75 Å². The Kier molecular flexibility index (Phi) is 4.52. The van der Waals surface area contributed by atoms with Crippen LogP contribution < -0.4 is 15.4 Å². The molecule has 0 bridgehead atoms. The summed E-state index contributed by atoms with van der Waals surface area (Å²) in [4.78, 5) is 16.8. The second kappa shape index (κ2) is 6.97. The number of halogens is 1. The van der Waals surface area contributed by atoms with Gasteiger partial charge in [-0.25, -0.2) is 9.78 Å². The van der Waals surface area contributed by atoms with Crippen LogP contribution in [0, 0.1) is 0 Å². The van der Waals surface area contributed by atoms with Gasteiger partial charge in [-0.05, 0) is 12.1 Å². The number of aromatic nitrogens is 3. The molecule has 1 aliphatic heterocycles. The lowest BCUT2D eigenvalue weighted by Gasteiger charge is -2.27. The van der Waals surface area contributed by atoms with Crippen LogP contribution in [0.25, 0.3) is 10.7 Å². The van der Waals surface area contributed by atoms with E-state index in [9.17, 15) is 4.79 Å². The summed E-state index contributed by atoms with van der Waals surface area (Å²) < 4.78 is 7.33. The summed E-state index contributed by atoms with van der Waals surface area (Å²) in [6, 6.07) is 6.94. The fourth-order valence-electron chi connectivity index (χ4n) is 2.83. The van der Waals surface area contributed by atoms with Crippen LogP contribution >= 0.6 is 22.9 Å². The minimum absolute atomic E-state index is 0.161. The minimum Gasteiger partial charge on any atom is -0.492 e. The number of thiazole rings is 1. The molecular weight excluding hydrogens is 374 g/mol. The number of carbonyl (C=O) groups is 1. The van der Waals surface area contributed by atoms with Gasteiger partial charge in [-0.3, -0.25) is 10.00 Å². The summed E-state index contributed by atoms with van der Waals surface area (Å²) in [6.45, 7) is 0.502. The first kappa shape index (κ1) is 16.9. The summed E-state index contributed by atoms with van der Waals surface area (Å²) in [7, 11) is 1.85. The summed E-state index contributed by atoms with van der Waals surface area (Å²) >= 11 is 7.59. The molecule has 0 unspecified atom stereocenters. The van der Waals surface area contributed by atoms with Crippen molar-refractivity contribution in [2.45, 2.75) is 12.5 Å². The molecule has 1 atom stereocenters. The van der Waals surface area contributed by atoms with E-state index < -0.39 is 0 Å². The van der Waals surface area contributed by atoms with E-state index in [0.29, 0.717) is 29.6 Å². The third kappa shape index (κ3) is 3.38. The van der Waals surface area contributed by atoms with Gasteiger partial charge in [0.2, 0.25) is 0 Å². The highest BCUT2D eigenvalue weighted by Crippen LogP contribution is 2.37. The van der Waals surface area contributed by atoms with E-state index in [4.69, 9.17) is 16.3 Å². The Labute approximate surface area is 159 Å². The Morgan fingerprint density at radius 3 is 3.12 bits per heavy atom. The first-order chi connectivity index (χ1) is 12.6. The van der Waals surface area contributed by atoms with Gasteiger partial charge in [-0.1, -0.05) is 23.7 Å². The van der Waals surface area contributed by atoms with Crippen molar-refractivity contribution in [1.82, 2.24) is 20.1 Å². The van der Waals surface area contributed by atoms with Crippen LogP contribution in [0.1, 0.15) is 18.0 Å². The number of fused-ring (bicyclic) bond motifs is 1. The number of nitrogens with one attached hydrogen (secondary N) is 2. The largest absolute Gasteiger partial charge is 0.492 e. The summed E-state index contributed by atoms with van der Waals surface area (Å²) in [5, 5.41) is 13.1. The smallest absolute Gasteiger partial charge is 0.320 e. The van der Waals surface area contributed by atoms with Gasteiger partial charge in [-0.15, -0.1) is 11.3 Å². The third-order valence-electron chi connectivity index (χ3n) is 4.01. The van der Waals surface area contributed by atoms with Gasteiger partial charge in [0.25, 0.3) is 0 Å². The average molecular weight is 390 g/mol. The van der Waals surface area contributed by atoms with Crippen LogP contribution in [-0.4, -0.2) is 27.4 Å². The van der Waals surface area contributed by atoms with E-state index in [0.717, 1.165) is 16.3 Å². The molecule has 1 aromatic carbocycles. The zero-order chi connectivity index (χ0) is 18.1. The maximum absolute atomic E-state index is 12.4. The van der Waals surface area contributed by atoms with Crippen molar-refractivity contribution < 1.29 is 9.53 Å². The van der Waals surface area contributed by atoms with E-state index in [1.54, 1.807) is 16.1 Å². The zero-order valence-electron chi connectivity index (χ0n) is 13.9. The number of ether oxygens (including phenoxy) is 1. The molecule has 2 aromatic heterocycles. The summed E-state index contributed by atoms with van der Waals surface area (Å²) in [5.41, 5.74) is 1.66. The summed E-state index contributed by atoms with van der Waals surface area (Å²) in [5.74, 6) is 1.13. The number of para-hydroxylation sites is 1. The van der Waals surface area contributed by atoms with Gasteiger partial charge in [0.15, 0.2) is 0 Å². The van der Waals surface area contributed by atoms with Crippen molar-refractivity contribution in [2.24, 2.45) is 7.05 Å². The van der Waals surface area contributed by atoms with E-state index in [1.807, 2.05) is 31.4 Å². The highest BCUT2D eigenvalue weighted by molar-refractivity contribution is 7.13. The molecule has 1 aliphatic rings. The van der Waals surface area contributed by atoms with Crippen LogP contribution in [0.3, 0.4) is 0 Å². The molecule has 7 nitrogen and oxygen atoms in total. The van der Waals surface area contributed by atoms with E-state index in [-0.39, 0.29) is 12.1 Å². The molecule has 4 rings (SSSR count). The number of carbonyl (C=O) groups excluding carboxylic acids is 1. The Morgan fingerprint density at radius 2 is 2.31 bits per heavy atom. The molecule has 0 radical (unpaired) electrons. The van der Waals surface area contributed by atoms with E-state index in [1.165, 1.54) is 11.3 Å². The highest BCUT2D eigenvalue weighted by Gasteiger charge is 2.25. The second-order valence-corrected chi connectivity index (χ2v) is 7.12. The number of nitrogens with zero attached hydrogens (tertiary/aromatic N) is 3. The normalized spacial score (nSPS) is 15.8. The number of anilines is 1. The SMILES string of the molecule is Cn1ccc(-c2nc(NC(=O)N[C@H]3CCOc4c(Cl)cccc43)cs2)n1. The fourth-order valence-corrected chi connectivity index (χ4v) is 3.78. The monoisotopic (exact) mass is 389 g/mol. The van der Waals surface area contributed by atoms with Gasteiger partial charge in [-0.2, -0.15) is 5.10 Å². The average Bonchev–Trinajstić information content (AvgIpc) is 3.25. The van der Waals surface area contributed by atoms with E-state index in [2.05, 4.69) is 20.7 Å². The molecule has 0 saturated carbocycles. The molecule has 9 heteroatoms. The van der Waals surface area contributed by atoms with Crippen molar-refractivity contribution in [2.75, 3.05) is 11.9 Å². The molecule has 0 aliphatic carbocycles. The molecule has 134 valence electrons. The maximum atomic E-state index is 12.4. The van der Waals surface area contributed by atoms with Crippen LogP contribution in [0.15, 0.2) is 35.8 Å².